The monoisotopic (exact) mass is 367 g/mol. The molecule has 1 fully saturated rings. The summed E-state index contributed by atoms with van der Waals surface area (Å²) in [6.45, 7) is 0.366. The van der Waals surface area contributed by atoms with Gasteiger partial charge in [-0.15, -0.1) is 0 Å². The Morgan fingerprint density at radius 1 is 1.12 bits per heavy atom. The lowest BCUT2D eigenvalue weighted by atomic mass is 10.1. The number of Topliss-reactive ketones (excluding diaryl/α,β-unsaturated/α-hetero) is 1. The Labute approximate surface area is 149 Å². The molecule has 0 bridgehead atoms. The van der Waals surface area contributed by atoms with E-state index in [1.54, 1.807) is 11.9 Å². The minimum absolute atomic E-state index is 0.00639. The quantitative estimate of drug-likeness (QED) is 0.697. The second-order valence-electron chi connectivity index (χ2n) is 6.40. The van der Waals surface area contributed by atoms with Crippen LogP contribution in [0, 0.1) is 0 Å². The van der Waals surface area contributed by atoms with Gasteiger partial charge in [0.2, 0.25) is 5.91 Å². The zero-order valence-corrected chi connectivity index (χ0v) is 15.3. The van der Waals surface area contributed by atoms with E-state index in [0.29, 0.717) is 19.4 Å². The normalized spacial score (nSPS) is 17.2. The molecule has 1 amide bonds. The van der Waals surface area contributed by atoms with E-state index in [1.807, 2.05) is 30.3 Å². The predicted molar refractivity (Wildman–Crippen MR) is 94.8 cm³/mol. The van der Waals surface area contributed by atoms with E-state index in [0.717, 1.165) is 5.56 Å². The number of hydrogen-bond acceptors (Lipinski definition) is 5. The lowest BCUT2D eigenvalue weighted by Crippen LogP contribution is -2.42. The van der Waals surface area contributed by atoms with Gasteiger partial charge >= 0.3 is 0 Å². The van der Waals surface area contributed by atoms with Gasteiger partial charge in [-0.3, -0.25) is 9.59 Å². The summed E-state index contributed by atoms with van der Waals surface area (Å²) in [5.74, 6) is 0.0212. The number of hydrogen-bond donors (Lipinski definition) is 0. The number of ketones is 1. The predicted octanol–water partition coefficient (Wildman–Crippen LogP) is 1.59. The third-order valence-electron chi connectivity index (χ3n) is 4.46. The molecule has 2 rings (SSSR count). The Morgan fingerprint density at radius 3 is 2.40 bits per heavy atom. The first-order valence-corrected chi connectivity index (χ1v) is 10.3. The molecule has 1 aromatic rings. The summed E-state index contributed by atoms with van der Waals surface area (Å²) in [4.78, 5) is 25.6. The van der Waals surface area contributed by atoms with Crippen molar-refractivity contribution in [3.05, 3.63) is 35.9 Å². The smallest absolute Gasteiger partial charge is 0.223 e. The third kappa shape index (κ3) is 6.59. The van der Waals surface area contributed by atoms with Crippen LogP contribution in [0.2, 0.25) is 0 Å². The highest BCUT2D eigenvalue weighted by Gasteiger charge is 2.28. The molecule has 0 aromatic heterocycles. The minimum atomic E-state index is -2.94. The Bertz CT molecular complexity index is 673. The summed E-state index contributed by atoms with van der Waals surface area (Å²) >= 11 is 0. The van der Waals surface area contributed by atoms with Crippen LogP contribution in [-0.4, -0.2) is 56.2 Å². The molecule has 0 spiro atoms. The van der Waals surface area contributed by atoms with E-state index in [1.165, 1.54) is 0 Å². The largest absolute Gasteiger partial charge is 0.369 e. The Morgan fingerprint density at radius 2 is 1.76 bits per heavy atom. The molecular formula is C18H25NO5S. The van der Waals surface area contributed by atoms with Crippen LogP contribution in [0.3, 0.4) is 0 Å². The number of amides is 1. The molecular weight excluding hydrogens is 342 g/mol. The van der Waals surface area contributed by atoms with Crippen molar-refractivity contribution < 1.29 is 22.7 Å². The fourth-order valence-electron chi connectivity index (χ4n) is 2.82. The molecule has 1 heterocycles. The third-order valence-corrected chi connectivity index (χ3v) is 6.17. The van der Waals surface area contributed by atoms with Gasteiger partial charge in [-0.1, -0.05) is 30.3 Å². The Hall–Kier alpha value is -1.73. The van der Waals surface area contributed by atoms with Crippen LogP contribution in [0.4, 0.5) is 0 Å². The van der Waals surface area contributed by atoms with Crippen LogP contribution < -0.4 is 0 Å². The van der Waals surface area contributed by atoms with Crippen molar-refractivity contribution in [3.8, 4) is 0 Å². The molecule has 0 unspecified atom stereocenters. The molecule has 1 aliphatic rings. The molecule has 0 saturated carbocycles. The van der Waals surface area contributed by atoms with Crippen molar-refractivity contribution in [3.63, 3.8) is 0 Å². The lowest BCUT2D eigenvalue weighted by molar-refractivity contribution is -0.134. The second kappa shape index (κ2) is 9.10. The lowest BCUT2D eigenvalue weighted by Gasteiger charge is -2.31. The fraction of sp³-hybridized carbons (Fsp3) is 0.556. The summed E-state index contributed by atoms with van der Waals surface area (Å²) < 4.78 is 28.3. The van der Waals surface area contributed by atoms with Gasteiger partial charge in [-0.25, -0.2) is 8.42 Å². The zero-order valence-electron chi connectivity index (χ0n) is 14.5. The summed E-state index contributed by atoms with van der Waals surface area (Å²) in [6, 6.07) is 9.52. The van der Waals surface area contributed by atoms with Crippen molar-refractivity contribution >= 4 is 21.5 Å². The highest BCUT2D eigenvalue weighted by atomic mass is 32.2. The number of sulfone groups is 1. The second-order valence-corrected chi connectivity index (χ2v) is 8.71. The first-order chi connectivity index (χ1) is 11.9. The number of carbonyl (C=O) groups is 2. The molecule has 1 aromatic carbocycles. The number of ether oxygens (including phenoxy) is 1. The van der Waals surface area contributed by atoms with Crippen LogP contribution in [-0.2, 0) is 30.8 Å². The van der Waals surface area contributed by atoms with Crippen LogP contribution in [0.15, 0.2) is 30.3 Å². The van der Waals surface area contributed by atoms with Crippen LogP contribution in [0.5, 0.6) is 0 Å². The van der Waals surface area contributed by atoms with Crippen molar-refractivity contribution in [1.29, 1.82) is 0 Å². The van der Waals surface area contributed by atoms with Crippen LogP contribution in [0.1, 0.15) is 31.2 Å². The Balaban J connectivity index is 1.66. The van der Waals surface area contributed by atoms with Crippen LogP contribution >= 0.6 is 0 Å². The molecule has 1 aliphatic heterocycles. The zero-order chi connectivity index (χ0) is 18.3. The van der Waals surface area contributed by atoms with E-state index in [2.05, 4.69) is 0 Å². The first kappa shape index (κ1) is 19.6. The molecule has 25 heavy (non-hydrogen) atoms. The van der Waals surface area contributed by atoms with Gasteiger partial charge in [0, 0.05) is 25.9 Å². The van der Waals surface area contributed by atoms with E-state index in [4.69, 9.17) is 4.74 Å². The molecule has 7 heteroatoms. The number of rotatable bonds is 8. The summed E-state index contributed by atoms with van der Waals surface area (Å²) in [7, 11) is -1.26. The molecule has 0 radical (unpaired) electrons. The standard InChI is InChI=1S/C18H25NO5S/c1-19(16-9-11-25(22,23)12-10-16)18(21)8-7-17(20)14-24-13-15-5-3-2-4-6-15/h2-6,16H,7-14H2,1H3. The number of benzene rings is 1. The molecule has 138 valence electrons. The maximum atomic E-state index is 12.2. The molecule has 1 saturated heterocycles. The number of carbonyl (C=O) groups excluding carboxylic acids is 2. The van der Waals surface area contributed by atoms with Crippen molar-refractivity contribution in [2.24, 2.45) is 0 Å². The average molecular weight is 367 g/mol. The summed E-state index contributed by atoms with van der Waals surface area (Å²) in [5.41, 5.74) is 0.998. The highest BCUT2D eigenvalue weighted by Crippen LogP contribution is 2.18. The summed E-state index contributed by atoms with van der Waals surface area (Å²) in [6.07, 6.45) is 1.22. The van der Waals surface area contributed by atoms with Gasteiger partial charge in [0.1, 0.15) is 16.4 Å². The van der Waals surface area contributed by atoms with Gasteiger partial charge in [0.05, 0.1) is 18.1 Å². The molecule has 0 aliphatic carbocycles. The fourth-order valence-corrected chi connectivity index (χ4v) is 4.29. The Kier molecular flexibility index (Phi) is 7.13. The van der Waals surface area contributed by atoms with E-state index < -0.39 is 9.84 Å². The van der Waals surface area contributed by atoms with Crippen molar-refractivity contribution in [2.45, 2.75) is 38.3 Å². The maximum absolute atomic E-state index is 12.2. The van der Waals surface area contributed by atoms with E-state index >= 15 is 0 Å². The van der Waals surface area contributed by atoms with Gasteiger partial charge in [-0.05, 0) is 18.4 Å². The molecule has 0 N–H and O–H groups in total. The number of nitrogens with zero attached hydrogens (tertiary/aromatic N) is 1. The van der Waals surface area contributed by atoms with Crippen molar-refractivity contribution in [2.75, 3.05) is 25.2 Å². The van der Waals surface area contributed by atoms with Crippen molar-refractivity contribution in [1.82, 2.24) is 4.90 Å². The van der Waals surface area contributed by atoms with Gasteiger partial charge in [0.25, 0.3) is 0 Å². The van der Waals surface area contributed by atoms with Crippen LogP contribution in [0.25, 0.3) is 0 Å². The maximum Gasteiger partial charge on any atom is 0.223 e. The van der Waals surface area contributed by atoms with Gasteiger partial charge in [-0.2, -0.15) is 0 Å². The molecule has 0 atom stereocenters. The van der Waals surface area contributed by atoms with E-state index in [-0.39, 0.29) is 48.7 Å². The molecule has 6 nitrogen and oxygen atoms in total. The topological polar surface area (TPSA) is 80.8 Å². The average Bonchev–Trinajstić information content (AvgIpc) is 2.60. The SMILES string of the molecule is CN(C(=O)CCC(=O)COCc1ccccc1)C1CCS(=O)(=O)CC1. The van der Waals surface area contributed by atoms with E-state index in [9.17, 15) is 18.0 Å². The first-order valence-electron chi connectivity index (χ1n) is 8.47. The van der Waals surface area contributed by atoms with Gasteiger partial charge < -0.3 is 9.64 Å². The summed E-state index contributed by atoms with van der Waals surface area (Å²) in [5, 5.41) is 0. The van der Waals surface area contributed by atoms with Gasteiger partial charge in [0.15, 0.2) is 5.78 Å². The highest BCUT2D eigenvalue weighted by molar-refractivity contribution is 7.91. The minimum Gasteiger partial charge on any atom is -0.369 e.